The zero-order valence-corrected chi connectivity index (χ0v) is 15.7. The van der Waals surface area contributed by atoms with Gasteiger partial charge in [0.1, 0.15) is 0 Å². The van der Waals surface area contributed by atoms with E-state index in [0.29, 0.717) is 16.3 Å². The van der Waals surface area contributed by atoms with Crippen molar-refractivity contribution in [1.82, 2.24) is 5.32 Å². The molecule has 0 bridgehead atoms. The second kappa shape index (κ2) is 8.87. The third-order valence-electron chi connectivity index (χ3n) is 4.01. The van der Waals surface area contributed by atoms with Gasteiger partial charge in [-0.3, -0.25) is 0 Å². The molecule has 1 aromatic carbocycles. The van der Waals surface area contributed by atoms with E-state index >= 15 is 0 Å². The maximum atomic E-state index is 12.6. The minimum absolute atomic E-state index is 0.149. The first-order chi connectivity index (χ1) is 12.5. The SMILES string of the molecule is CCOC(=O)C1=C(C)NC(CO)=C(C(=O)OCC)C1c1ccccc1Cl. The third-order valence-corrected chi connectivity index (χ3v) is 4.35. The molecule has 2 N–H and O–H groups in total. The van der Waals surface area contributed by atoms with Gasteiger partial charge in [0.15, 0.2) is 0 Å². The van der Waals surface area contributed by atoms with E-state index in [1.807, 2.05) is 0 Å². The standard InChI is InChI=1S/C19H22ClNO5/c1-4-25-18(23)15-11(3)21-14(10-22)17(19(24)26-5-2)16(15)12-8-6-7-9-13(12)20/h6-9,16,21-22H,4-5,10H2,1-3H3. The molecule has 0 spiro atoms. The van der Waals surface area contributed by atoms with Crippen molar-refractivity contribution in [2.75, 3.05) is 19.8 Å². The molecule has 7 heteroatoms. The van der Waals surface area contributed by atoms with Gasteiger partial charge in [-0.1, -0.05) is 29.8 Å². The van der Waals surface area contributed by atoms with Crippen molar-refractivity contribution in [1.29, 1.82) is 0 Å². The van der Waals surface area contributed by atoms with Gasteiger partial charge in [0.2, 0.25) is 0 Å². The molecule has 2 rings (SSSR count). The van der Waals surface area contributed by atoms with Crippen LogP contribution in [0.1, 0.15) is 32.3 Å². The molecule has 0 aliphatic carbocycles. The second-order valence-corrected chi connectivity index (χ2v) is 6.02. The van der Waals surface area contributed by atoms with Crippen LogP contribution in [0.15, 0.2) is 46.8 Å². The molecule has 0 fully saturated rings. The number of ether oxygens (including phenoxy) is 2. The first-order valence-corrected chi connectivity index (χ1v) is 8.74. The van der Waals surface area contributed by atoms with Gasteiger partial charge in [0.25, 0.3) is 0 Å². The molecule has 1 heterocycles. The predicted molar refractivity (Wildman–Crippen MR) is 97.4 cm³/mol. The molecule has 26 heavy (non-hydrogen) atoms. The lowest BCUT2D eigenvalue weighted by Crippen LogP contribution is -2.34. The molecular weight excluding hydrogens is 358 g/mol. The fourth-order valence-electron chi connectivity index (χ4n) is 2.97. The van der Waals surface area contributed by atoms with Crippen LogP contribution in [0.25, 0.3) is 0 Å². The highest BCUT2D eigenvalue weighted by molar-refractivity contribution is 6.31. The van der Waals surface area contributed by atoms with Gasteiger partial charge in [-0.15, -0.1) is 0 Å². The Hall–Kier alpha value is -2.31. The van der Waals surface area contributed by atoms with Gasteiger partial charge in [-0.2, -0.15) is 0 Å². The van der Waals surface area contributed by atoms with Crippen molar-refractivity contribution < 1.29 is 24.2 Å². The summed E-state index contributed by atoms with van der Waals surface area (Å²) < 4.78 is 10.3. The first kappa shape index (κ1) is 20.0. The molecule has 1 aromatic rings. The number of halogens is 1. The largest absolute Gasteiger partial charge is 0.463 e. The van der Waals surface area contributed by atoms with Crippen molar-refractivity contribution in [3.05, 3.63) is 57.4 Å². The molecule has 0 saturated carbocycles. The number of rotatable bonds is 6. The zero-order chi connectivity index (χ0) is 19.3. The number of hydrogen-bond acceptors (Lipinski definition) is 6. The van der Waals surface area contributed by atoms with Gasteiger partial charge in [-0.25, -0.2) is 9.59 Å². The number of hydrogen-bond donors (Lipinski definition) is 2. The van der Waals surface area contributed by atoms with Crippen molar-refractivity contribution >= 4 is 23.5 Å². The summed E-state index contributed by atoms with van der Waals surface area (Å²) >= 11 is 6.36. The quantitative estimate of drug-likeness (QED) is 0.739. The number of aliphatic hydroxyl groups is 1. The van der Waals surface area contributed by atoms with Crippen LogP contribution in [0.4, 0.5) is 0 Å². The average molecular weight is 380 g/mol. The van der Waals surface area contributed by atoms with E-state index in [2.05, 4.69) is 5.32 Å². The number of benzene rings is 1. The Morgan fingerprint density at radius 3 is 2.23 bits per heavy atom. The van der Waals surface area contributed by atoms with E-state index in [9.17, 15) is 14.7 Å². The summed E-state index contributed by atoms with van der Waals surface area (Å²) in [4.78, 5) is 25.3. The molecule has 140 valence electrons. The Kier molecular flexibility index (Phi) is 6.83. The molecule has 0 saturated heterocycles. The van der Waals surface area contributed by atoms with Crippen LogP contribution < -0.4 is 5.32 Å². The molecular formula is C19H22ClNO5. The Morgan fingerprint density at radius 1 is 1.12 bits per heavy atom. The number of nitrogens with one attached hydrogen (secondary N) is 1. The lowest BCUT2D eigenvalue weighted by molar-refractivity contribution is -0.139. The van der Waals surface area contributed by atoms with Crippen LogP contribution in [-0.2, 0) is 19.1 Å². The smallest absolute Gasteiger partial charge is 0.336 e. The summed E-state index contributed by atoms with van der Waals surface area (Å²) in [5.74, 6) is -1.98. The molecule has 0 amide bonds. The fraction of sp³-hybridized carbons (Fsp3) is 0.368. The number of allylic oxidation sites excluding steroid dienone is 1. The van der Waals surface area contributed by atoms with E-state index in [4.69, 9.17) is 21.1 Å². The summed E-state index contributed by atoms with van der Waals surface area (Å²) in [5, 5.41) is 13.1. The average Bonchev–Trinajstić information content (AvgIpc) is 2.61. The molecule has 1 atom stereocenters. The topological polar surface area (TPSA) is 84.9 Å². The van der Waals surface area contributed by atoms with E-state index in [1.165, 1.54) is 0 Å². The van der Waals surface area contributed by atoms with Gasteiger partial charge >= 0.3 is 11.9 Å². The van der Waals surface area contributed by atoms with Crippen LogP contribution in [0.3, 0.4) is 0 Å². The predicted octanol–water partition coefficient (Wildman–Crippen LogP) is 2.67. The lowest BCUT2D eigenvalue weighted by Gasteiger charge is -2.31. The van der Waals surface area contributed by atoms with Crippen molar-refractivity contribution in [3.8, 4) is 0 Å². The maximum Gasteiger partial charge on any atom is 0.336 e. The Balaban J connectivity index is 2.71. The molecule has 1 unspecified atom stereocenters. The summed E-state index contributed by atoms with van der Waals surface area (Å²) in [6, 6.07) is 6.94. The van der Waals surface area contributed by atoms with Crippen LogP contribution in [0.2, 0.25) is 5.02 Å². The van der Waals surface area contributed by atoms with Gasteiger partial charge in [0, 0.05) is 10.7 Å². The summed E-state index contributed by atoms with van der Waals surface area (Å²) in [5.41, 5.74) is 1.74. The van der Waals surface area contributed by atoms with Crippen LogP contribution >= 0.6 is 11.6 Å². The summed E-state index contributed by atoms with van der Waals surface area (Å²) in [6.07, 6.45) is 0. The molecule has 1 aliphatic rings. The van der Waals surface area contributed by atoms with Crippen molar-refractivity contribution in [2.24, 2.45) is 0 Å². The summed E-state index contributed by atoms with van der Waals surface area (Å²) in [7, 11) is 0. The number of carbonyl (C=O) groups is 2. The van der Waals surface area contributed by atoms with E-state index < -0.39 is 24.5 Å². The van der Waals surface area contributed by atoms with Crippen LogP contribution in [0.5, 0.6) is 0 Å². The molecule has 0 aromatic heterocycles. The summed E-state index contributed by atoms with van der Waals surface area (Å²) in [6.45, 7) is 5.01. The van der Waals surface area contributed by atoms with Crippen molar-refractivity contribution in [2.45, 2.75) is 26.7 Å². The first-order valence-electron chi connectivity index (χ1n) is 8.36. The number of aliphatic hydroxyl groups excluding tert-OH is 1. The van der Waals surface area contributed by atoms with Crippen LogP contribution in [0, 0.1) is 0 Å². The minimum atomic E-state index is -0.801. The third kappa shape index (κ3) is 3.92. The lowest BCUT2D eigenvalue weighted by atomic mass is 9.80. The Bertz CT molecular complexity index is 769. The second-order valence-electron chi connectivity index (χ2n) is 5.61. The van der Waals surface area contributed by atoms with E-state index in [0.717, 1.165) is 0 Å². The Morgan fingerprint density at radius 2 is 1.69 bits per heavy atom. The van der Waals surface area contributed by atoms with Gasteiger partial charge < -0.3 is 19.9 Å². The Labute approximate surface area is 157 Å². The fourth-order valence-corrected chi connectivity index (χ4v) is 3.22. The minimum Gasteiger partial charge on any atom is -0.463 e. The van der Waals surface area contributed by atoms with Crippen molar-refractivity contribution in [3.63, 3.8) is 0 Å². The highest BCUT2D eigenvalue weighted by atomic mass is 35.5. The molecule has 1 aliphatic heterocycles. The zero-order valence-electron chi connectivity index (χ0n) is 15.0. The normalized spacial score (nSPS) is 17.0. The van der Waals surface area contributed by atoms with Gasteiger partial charge in [-0.05, 0) is 32.4 Å². The number of esters is 2. The van der Waals surface area contributed by atoms with Crippen LogP contribution in [-0.4, -0.2) is 36.9 Å². The monoisotopic (exact) mass is 379 g/mol. The number of dihydropyridines is 1. The maximum absolute atomic E-state index is 12.6. The highest BCUT2D eigenvalue weighted by Crippen LogP contribution is 2.41. The van der Waals surface area contributed by atoms with E-state index in [1.54, 1.807) is 45.0 Å². The number of carbonyl (C=O) groups excluding carboxylic acids is 2. The molecule has 0 radical (unpaired) electrons. The highest BCUT2D eigenvalue weighted by Gasteiger charge is 2.39. The van der Waals surface area contributed by atoms with Gasteiger partial charge in [0.05, 0.1) is 42.6 Å². The van der Waals surface area contributed by atoms with E-state index in [-0.39, 0.29) is 30.1 Å². The molecule has 6 nitrogen and oxygen atoms in total.